The highest BCUT2D eigenvalue weighted by Gasteiger charge is 2.54. The SMILES string of the molecule is C#CCN(C)C(=O)[C@@H](C)[C@H]1CC[C@@]2(C)Cc3sc(CS(=O)(=O)Cc4ccc(F)cc4)nc3[C@@H](C)[C@@H]2[C@H]1O. The van der Waals surface area contributed by atoms with E-state index < -0.39 is 21.8 Å². The van der Waals surface area contributed by atoms with Crippen molar-refractivity contribution in [2.24, 2.45) is 23.2 Å². The third-order valence-electron chi connectivity index (χ3n) is 8.35. The van der Waals surface area contributed by atoms with Gasteiger partial charge in [-0.1, -0.05) is 38.8 Å². The molecule has 1 aromatic carbocycles. The van der Waals surface area contributed by atoms with E-state index in [0.717, 1.165) is 29.8 Å². The van der Waals surface area contributed by atoms with E-state index in [4.69, 9.17) is 11.4 Å². The summed E-state index contributed by atoms with van der Waals surface area (Å²) in [5.41, 5.74) is 1.25. The smallest absolute Gasteiger partial charge is 0.226 e. The summed E-state index contributed by atoms with van der Waals surface area (Å²) in [5.74, 6) is 1.01. The maximum Gasteiger partial charge on any atom is 0.226 e. The van der Waals surface area contributed by atoms with E-state index in [2.05, 4.69) is 19.8 Å². The number of terminal acetylenes is 1. The Hall–Kier alpha value is -2.28. The molecule has 9 heteroatoms. The molecular weight excluding hydrogens is 511 g/mol. The molecule has 6 atom stereocenters. The Morgan fingerprint density at radius 1 is 1.35 bits per heavy atom. The molecule has 1 fully saturated rings. The van der Waals surface area contributed by atoms with Crippen LogP contribution in [0.2, 0.25) is 0 Å². The number of nitrogens with zero attached hydrogens (tertiary/aromatic N) is 2. The van der Waals surface area contributed by atoms with Gasteiger partial charge in [-0.2, -0.15) is 0 Å². The second-order valence-electron chi connectivity index (χ2n) is 11.1. The molecule has 0 saturated heterocycles. The molecule has 0 bridgehead atoms. The number of benzene rings is 1. The standard InChI is InChI=1S/C28H35FN2O4S2/c1-6-13-31(5)27(33)17(2)21-11-12-28(4)14-22-25(18(3)24(28)26(21)32)30-23(36-22)16-37(34,35)15-19-7-9-20(29)10-8-19/h1,7-10,17-18,21,24,26,32H,11-16H2,2-5H3/t17-,18-,21+,24+,26-,28-/m0/s1. The summed E-state index contributed by atoms with van der Waals surface area (Å²) >= 11 is 1.44. The van der Waals surface area contributed by atoms with Crippen LogP contribution in [0.3, 0.4) is 0 Å². The van der Waals surface area contributed by atoms with Crippen molar-refractivity contribution >= 4 is 27.1 Å². The second-order valence-corrected chi connectivity index (χ2v) is 14.3. The summed E-state index contributed by atoms with van der Waals surface area (Å²) in [5, 5.41) is 12.1. The summed E-state index contributed by atoms with van der Waals surface area (Å²) in [7, 11) is -1.80. The van der Waals surface area contributed by atoms with Gasteiger partial charge in [0.1, 0.15) is 16.6 Å². The molecular formula is C28H35FN2O4S2. The lowest BCUT2D eigenvalue weighted by Crippen LogP contribution is -2.53. The number of hydrogen-bond acceptors (Lipinski definition) is 6. The molecule has 1 saturated carbocycles. The van der Waals surface area contributed by atoms with E-state index in [1.807, 2.05) is 6.92 Å². The first-order valence-electron chi connectivity index (χ1n) is 12.6. The first-order chi connectivity index (χ1) is 17.3. The minimum Gasteiger partial charge on any atom is -0.392 e. The van der Waals surface area contributed by atoms with E-state index >= 15 is 0 Å². The number of fused-ring (bicyclic) bond motifs is 2. The van der Waals surface area contributed by atoms with Crippen LogP contribution >= 0.6 is 11.3 Å². The van der Waals surface area contributed by atoms with Gasteiger partial charge in [0.05, 0.1) is 24.1 Å². The Morgan fingerprint density at radius 2 is 2.03 bits per heavy atom. The van der Waals surface area contributed by atoms with Crippen molar-refractivity contribution in [3.8, 4) is 12.3 Å². The lowest BCUT2D eigenvalue weighted by molar-refractivity contribution is -0.142. The highest BCUT2D eigenvalue weighted by Crippen LogP contribution is 2.57. The van der Waals surface area contributed by atoms with Crippen LogP contribution in [0.1, 0.15) is 60.7 Å². The van der Waals surface area contributed by atoms with Gasteiger partial charge in [0.25, 0.3) is 0 Å². The molecule has 0 unspecified atom stereocenters. The van der Waals surface area contributed by atoms with Crippen molar-refractivity contribution in [2.75, 3.05) is 13.6 Å². The maximum absolute atomic E-state index is 13.2. The molecule has 1 N–H and O–H groups in total. The summed E-state index contributed by atoms with van der Waals surface area (Å²) in [6.45, 7) is 6.36. The van der Waals surface area contributed by atoms with Crippen LogP contribution in [0.5, 0.6) is 0 Å². The number of amides is 1. The highest BCUT2D eigenvalue weighted by atomic mass is 32.2. The summed E-state index contributed by atoms with van der Waals surface area (Å²) < 4.78 is 39.0. The summed E-state index contributed by atoms with van der Waals surface area (Å²) in [4.78, 5) is 20.3. The Bertz CT molecular complexity index is 1300. The maximum atomic E-state index is 13.2. The molecule has 2 aromatic rings. The van der Waals surface area contributed by atoms with Gasteiger partial charge in [-0.3, -0.25) is 4.79 Å². The minimum absolute atomic E-state index is 0.0583. The van der Waals surface area contributed by atoms with E-state index in [1.165, 1.54) is 40.5 Å². The van der Waals surface area contributed by atoms with Crippen molar-refractivity contribution in [1.82, 2.24) is 9.88 Å². The van der Waals surface area contributed by atoms with E-state index in [1.54, 1.807) is 7.05 Å². The summed E-state index contributed by atoms with van der Waals surface area (Å²) in [6, 6.07) is 5.50. The van der Waals surface area contributed by atoms with Gasteiger partial charge in [-0.25, -0.2) is 17.8 Å². The Balaban J connectivity index is 1.53. The van der Waals surface area contributed by atoms with Gasteiger partial charge in [-0.05, 0) is 54.2 Å². The number of halogens is 1. The number of aromatic nitrogens is 1. The number of carbonyl (C=O) groups is 1. The fourth-order valence-electron chi connectivity index (χ4n) is 6.48. The van der Waals surface area contributed by atoms with Crippen molar-refractivity contribution in [3.63, 3.8) is 0 Å². The molecule has 0 spiro atoms. The normalized spacial score (nSPS) is 28.0. The zero-order valence-corrected chi connectivity index (χ0v) is 23.4. The molecule has 2 aliphatic carbocycles. The van der Waals surface area contributed by atoms with Crippen molar-refractivity contribution in [1.29, 1.82) is 0 Å². The van der Waals surface area contributed by atoms with Gasteiger partial charge in [0.15, 0.2) is 9.84 Å². The van der Waals surface area contributed by atoms with Crippen molar-refractivity contribution in [3.05, 3.63) is 51.2 Å². The lowest BCUT2D eigenvalue weighted by atomic mass is 9.53. The van der Waals surface area contributed by atoms with E-state index in [-0.39, 0.29) is 53.0 Å². The lowest BCUT2D eigenvalue weighted by Gasteiger charge is -2.53. The van der Waals surface area contributed by atoms with Gasteiger partial charge < -0.3 is 10.0 Å². The number of aliphatic hydroxyl groups excluding tert-OH is 1. The number of hydrogen-bond donors (Lipinski definition) is 1. The van der Waals surface area contributed by atoms with Crippen LogP contribution in [0, 0.1) is 41.3 Å². The molecule has 4 rings (SSSR count). The molecule has 1 heterocycles. The van der Waals surface area contributed by atoms with Gasteiger partial charge in [0, 0.05) is 23.8 Å². The number of rotatable bonds is 7. The minimum atomic E-state index is -3.49. The molecule has 2 aliphatic rings. The van der Waals surface area contributed by atoms with Gasteiger partial charge >= 0.3 is 0 Å². The monoisotopic (exact) mass is 546 g/mol. The molecule has 1 amide bonds. The number of carbonyl (C=O) groups excluding carboxylic acids is 1. The topological polar surface area (TPSA) is 87.6 Å². The van der Waals surface area contributed by atoms with Crippen LogP contribution in [-0.4, -0.2) is 49.0 Å². The quantitative estimate of drug-likeness (QED) is 0.527. The fourth-order valence-corrected chi connectivity index (χ4v) is 9.66. The molecule has 6 nitrogen and oxygen atoms in total. The second kappa shape index (κ2) is 10.5. The number of sulfone groups is 1. The predicted molar refractivity (Wildman–Crippen MR) is 143 cm³/mol. The van der Waals surface area contributed by atoms with E-state index in [0.29, 0.717) is 10.6 Å². The Labute approximate surface area is 223 Å². The Kier molecular flexibility index (Phi) is 7.85. The van der Waals surface area contributed by atoms with E-state index in [9.17, 15) is 22.7 Å². The zero-order valence-electron chi connectivity index (χ0n) is 21.8. The van der Waals surface area contributed by atoms with Crippen molar-refractivity contribution in [2.45, 2.75) is 63.6 Å². The zero-order chi connectivity index (χ0) is 27.1. The largest absolute Gasteiger partial charge is 0.392 e. The molecule has 200 valence electrons. The first kappa shape index (κ1) is 27.7. The van der Waals surface area contributed by atoms with Gasteiger partial charge in [-0.15, -0.1) is 17.8 Å². The average Bonchev–Trinajstić information content (AvgIpc) is 3.20. The third-order valence-corrected chi connectivity index (χ3v) is 11.1. The predicted octanol–water partition coefficient (Wildman–Crippen LogP) is 4.18. The van der Waals surface area contributed by atoms with Gasteiger partial charge in [0.2, 0.25) is 5.91 Å². The highest BCUT2D eigenvalue weighted by molar-refractivity contribution is 7.90. The number of thiazole rings is 1. The van der Waals surface area contributed by atoms with Crippen LogP contribution in [0.15, 0.2) is 24.3 Å². The van der Waals surface area contributed by atoms with Crippen LogP contribution < -0.4 is 0 Å². The summed E-state index contributed by atoms with van der Waals surface area (Å²) in [6.07, 6.45) is 7.05. The average molecular weight is 547 g/mol. The molecule has 0 aliphatic heterocycles. The number of aliphatic hydroxyl groups is 1. The molecule has 1 aromatic heterocycles. The molecule has 37 heavy (non-hydrogen) atoms. The van der Waals surface area contributed by atoms with Crippen molar-refractivity contribution < 1.29 is 22.7 Å². The molecule has 0 radical (unpaired) electrons. The fraction of sp³-hybridized carbons (Fsp3) is 0.571. The first-order valence-corrected chi connectivity index (χ1v) is 15.3. The Morgan fingerprint density at radius 3 is 2.68 bits per heavy atom. The van der Waals surface area contributed by atoms with Crippen LogP contribution in [0.4, 0.5) is 4.39 Å². The third kappa shape index (κ3) is 5.62. The van der Waals surface area contributed by atoms with Crippen LogP contribution in [-0.2, 0) is 32.6 Å². The van der Waals surface area contributed by atoms with Crippen LogP contribution in [0.25, 0.3) is 0 Å².